The maximum atomic E-state index is 10.9. The van der Waals surface area contributed by atoms with E-state index in [-0.39, 0.29) is 11.4 Å². The molecule has 0 bridgehead atoms. The van der Waals surface area contributed by atoms with Gasteiger partial charge < -0.3 is 10.8 Å². The first-order valence-electron chi connectivity index (χ1n) is 4.89. The van der Waals surface area contributed by atoms with E-state index in [1.807, 2.05) is 0 Å². The zero-order valence-corrected chi connectivity index (χ0v) is 10.3. The first kappa shape index (κ1) is 12.8. The number of aryl methyl sites for hydroxylation is 1. The van der Waals surface area contributed by atoms with E-state index in [4.69, 9.17) is 10.8 Å². The van der Waals surface area contributed by atoms with Crippen molar-refractivity contribution in [2.45, 2.75) is 31.8 Å². The molecule has 0 aliphatic carbocycles. The number of aromatic carboxylic acids is 1. The standard InChI is InChI=1S/C10H15N3O2S/c1-5(2)16-4-7-12-6(3)8(10(14)15)9(11)13-7/h5H,4H2,1-3H3,(H,14,15)(H2,11,12,13). The predicted octanol–water partition coefficient (Wildman–Crippen LogP) is 1.71. The average molecular weight is 241 g/mol. The molecule has 1 aromatic heterocycles. The predicted molar refractivity (Wildman–Crippen MR) is 64.6 cm³/mol. The van der Waals surface area contributed by atoms with Gasteiger partial charge in [-0.15, -0.1) is 0 Å². The molecule has 1 rings (SSSR count). The normalized spacial score (nSPS) is 10.8. The number of rotatable bonds is 4. The molecule has 3 N–H and O–H groups in total. The van der Waals surface area contributed by atoms with Gasteiger partial charge >= 0.3 is 5.97 Å². The molecular formula is C10H15N3O2S. The first-order valence-corrected chi connectivity index (χ1v) is 5.94. The molecule has 0 aromatic carbocycles. The maximum absolute atomic E-state index is 10.9. The summed E-state index contributed by atoms with van der Waals surface area (Å²) in [5, 5.41) is 9.37. The fourth-order valence-corrected chi connectivity index (χ4v) is 1.84. The zero-order chi connectivity index (χ0) is 12.3. The molecule has 0 saturated heterocycles. The number of carboxylic acids is 1. The summed E-state index contributed by atoms with van der Waals surface area (Å²) >= 11 is 1.69. The van der Waals surface area contributed by atoms with Crippen LogP contribution in [0, 0.1) is 6.92 Å². The van der Waals surface area contributed by atoms with Crippen LogP contribution in [0.4, 0.5) is 5.82 Å². The minimum atomic E-state index is -1.09. The monoisotopic (exact) mass is 241 g/mol. The number of hydrogen-bond donors (Lipinski definition) is 2. The summed E-state index contributed by atoms with van der Waals surface area (Å²) in [6.07, 6.45) is 0. The van der Waals surface area contributed by atoms with Gasteiger partial charge in [-0.3, -0.25) is 0 Å². The highest BCUT2D eigenvalue weighted by Crippen LogP contribution is 2.18. The van der Waals surface area contributed by atoms with Crippen LogP contribution >= 0.6 is 11.8 Å². The number of nitrogen functional groups attached to an aromatic ring is 1. The summed E-state index contributed by atoms with van der Waals surface area (Å²) < 4.78 is 0. The second kappa shape index (κ2) is 5.16. The molecule has 0 saturated carbocycles. The van der Waals surface area contributed by atoms with Gasteiger partial charge in [0, 0.05) is 0 Å². The van der Waals surface area contributed by atoms with Gasteiger partial charge in [0.2, 0.25) is 0 Å². The van der Waals surface area contributed by atoms with Gasteiger partial charge in [0.05, 0.1) is 11.4 Å². The van der Waals surface area contributed by atoms with Gasteiger partial charge in [-0.05, 0) is 12.2 Å². The van der Waals surface area contributed by atoms with Gasteiger partial charge in [-0.2, -0.15) is 11.8 Å². The van der Waals surface area contributed by atoms with Crippen molar-refractivity contribution >= 4 is 23.5 Å². The molecule has 88 valence electrons. The Labute approximate surface area is 98.5 Å². The molecule has 1 aromatic rings. The van der Waals surface area contributed by atoms with Crippen LogP contribution in [0.5, 0.6) is 0 Å². The molecule has 5 nitrogen and oxygen atoms in total. The van der Waals surface area contributed by atoms with Crippen molar-refractivity contribution in [3.05, 3.63) is 17.1 Å². The molecular weight excluding hydrogens is 226 g/mol. The smallest absolute Gasteiger partial charge is 0.341 e. The Morgan fingerprint density at radius 1 is 1.50 bits per heavy atom. The molecule has 0 spiro atoms. The number of carboxylic acid groups (broad SMARTS) is 1. The Hall–Kier alpha value is -1.30. The molecule has 0 fully saturated rings. The molecule has 0 amide bonds. The number of thioether (sulfide) groups is 1. The molecule has 16 heavy (non-hydrogen) atoms. The number of aromatic nitrogens is 2. The number of carbonyl (C=O) groups is 1. The van der Waals surface area contributed by atoms with E-state index in [1.54, 1.807) is 18.7 Å². The third-order valence-corrected chi connectivity index (χ3v) is 3.02. The number of nitrogens with zero attached hydrogens (tertiary/aromatic N) is 2. The Morgan fingerprint density at radius 3 is 2.56 bits per heavy atom. The first-order chi connectivity index (χ1) is 7.41. The van der Waals surface area contributed by atoms with Crippen molar-refractivity contribution in [1.82, 2.24) is 9.97 Å². The van der Waals surface area contributed by atoms with E-state index in [9.17, 15) is 4.79 Å². The fourth-order valence-electron chi connectivity index (χ4n) is 1.22. The lowest BCUT2D eigenvalue weighted by atomic mass is 10.2. The lowest BCUT2D eigenvalue weighted by molar-refractivity contribution is 0.0696. The third kappa shape index (κ3) is 3.10. The molecule has 0 radical (unpaired) electrons. The summed E-state index contributed by atoms with van der Waals surface area (Å²) in [6, 6.07) is 0. The maximum Gasteiger partial charge on any atom is 0.341 e. The largest absolute Gasteiger partial charge is 0.477 e. The summed E-state index contributed by atoms with van der Waals surface area (Å²) in [5.41, 5.74) is 6.00. The van der Waals surface area contributed by atoms with E-state index in [0.717, 1.165) is 0 Å². The van der Waals surface area contributed by atoms with Crippen LogP contribution < -0.4 is 5.73 Å². The zero-order valence-electron chi connectivity index (χ0n) is 9.52. The van der Waals surface area contributed by atoms with Crippen molar-refractivity contribution in [2.75, 3.05) is 5.73 Å². The van der Waals surface area contributed by atoms with E-state index in [0.29, 0.717) is 22.5 Å². The second-order valence-corrected chi connectivity index (χ2v) is 5.22. The molecule has 0 atom stereocenters. The topological polar surface area (TPSA) is 89.1 Å². The van der Waals surface area contributed by atoms with Crippen LogP contribution in [-0.2, 0) is 5.75 Å². The van der Waals surface area contributed by atoms with Crippen LogP contribution in [-0.4, -0.2) is 26.3 Å². The van der Waals surface area contributed by atoms with Crippen LogP contribution in [0.1, 0.15) is 35.7 Å². The molecule has 6 heteroatoms. The van der Waals surface area contributed by atoms with Crippen molar-refractivity contribution < 1.29 is 9.90 Å². The lowest BCUT2D eigenvalue weighted by Crippen LogP contribution is -2.11. The van der Waals surface area contributed by atoms with Gasteiger partial charge in [0.15, 0.2) is 0 Å². The number of nitrogens with two attached hydrogens (primary N) is 1. The Kier molecular flexibility index (Phi) is 4.12. The highest BCUT2D eigenvalue weighted by Gasteiger charge is 2.15. The van der Waals surface area contributed by atoms with E-state index < -0.39 is 5.97 Å². The average Bonchev–Trinajstić information content (AvgIpc) is 2.12. The highest BCUT2D eigenvalue weighted by molar-refractivity contribution is 7.99. The minimum Gasteiger partial charge on any atom is -0.477 e. The SMILES string of the molecule is Cc1nc(CSC(C)C)nc(N)c1C(=O)O. The number of hydrogen-bond acceptors (Lipinski definition) is 5. The highest BCUT2D eigenvalue weighted by atomic mass is 32.2. The Morgan fingerprint density at radius 2 is 2.12 bits per heavy atom. The van der Waals surface area contributed by atoms with Crippen LogP contribution in [0.15, 0.2) is 0 Å². The quantitative estimate of drug-likeness (QED) is 0.834. The lowest BCUT2D eigenvalue weighted by Gasteiger charge is -2.08. The van der Waals surface area contributed by atoms with Gasteiger partial charge in [-0.1, -0.05) is 13.8 Å². The molecule has 0 aliphatic heterocycles. The van der Waals surface area contributed by atoms with E-state index in [1.165, 1.54) is 0 Å². The molecule has 0 aliphatic rings. The van der Waals surface area contributed by atoms with Crippen molar-refractivity contribution in [1.29, 1.82) is 0 Å². The van der Waals surface area contributed by atoms with Gasteiger partial charge in [-0.25, -0.2) is 14.8 Å². The third-order valence-electron chi connectivity index (χ3n) is 1.92. The summed E-state index contributed by atoms with van der Waals surface area (Å²) in [6.45, 7) is 5.78. The second-order valence-electron chi connectivity index (χ2n) is 3.65. The van der Waals surface area contributed by atoms with Gasteiger partial charge in [0.25, 0.3) is 0 Å². The van der Waals surface area contributed by atoms with Crippen molar-refractivity contribution in [3.63, 3.8) is 0 Å². The van der Waals surface area contributed by atoms with E-state index >= 15 is 0 Å². The fraction of sp³-hybridized carbons (Fsp3) is 0.500. The molecule has 0 unspecified atom stereocenters. The van der Waals surface area contributed by atoms with Crippen LogP contribution in [0.25, 0.3) is 0 Å². The summed E-state index contributed by atoms with van der Waals surface area (Å²) in [5.74, 6) is 0.180. The summed E-state index contributed by atoms with van der Waals surface area (Å²) in [4.78, 5) is 19.0. The van der Waals surface area contributed by atoms with E-state index in [2.05, 4.69) is 23.8 Å². The van der Waals surface area contributed by atoms with Crippen LogP contribution in [0.3, 0.4) is 0 Å². The van der Waals surface area contributed by atoms with Crippen molar-refractivity contribution in [2.24, 2.45) is 0 Å². The Balaban J connectivity index is 2.96. The van der Waals surface area contributed by atoms with Crippen LogP contribution in [0.2, 0.25) is 0 Å². The Bertz CT molecular complexity index is 384. The number of anilines is 1. The van der Waals surface area contributed by atoms with Crippen molar-refractivity contribution in [3.8, 4) is 0 Å². The summed E-state index contributed by atoms with van der Waals surface area (Å²) in [7, 11) is 0. The van der Waals surface area contributed by atoms with Gasteiger partial charge in [0.1, 0.15) is 17.2 Å². The molecule has 1 heterocycles. The minimum absolute atomic E-state index is 0.00158.